The van der Waals surface area contributed by atoms with Gasteiger partial charge in [0.25, 0.3) is 5.91 Å². The van der Waals surface area contributed by atoms with Crippen molar-refractivity contribution in [1.82, 2.24) is 0 Å². The highest BCUT2D eigenvalue weighted by atomic mass is 127. The second kappa shape index (κ2) is 6.33. The van der Waals surface area contributed by atoms with Crippen molar-refractivity contribution in [2.75, 3.05) is 5.32 Å². The molecule has 2 aromatic carbocycles. The monoisotopic (exact) mass is 419 g/mol. The van der Waals surface area contributed by atoms with Gasteiger partial charge in [0.1, 0.15) is 0 Å². The first-order valence-electron chi connectivity index (χ1n) is 5.92. The van der Waals surface area contributed by atoms with Crippen LogP contribution in [0.1, 0.15) is 21.5 Å². The molecule has 104 valence electrons. The molecule has 0 heterocycles. The zero-order valence-corrected chi connectivity index (χ0v) is 14.6. The van der Waals surface area contributed by atoms with E-state index in [0.717, 1.165) is 14.7 Å². The fourth-order valence-corrected chi connectivity index (χ4v) is 2.79. The average molecular weight is 420 g/mol. The zero-order chi connectivity index (χ0) is 14.9. The molecule has 1 amide bonds. The van der Waals surface area contributed by atoms with Crippen molar-refractivity contribution < 1.29 is 4.79 Å². The third-order valence-electron chi connectivity index (χ3n) is 2.93. The molecule has 0 aromatic heterocycles. The maximum atomic E-state index is 12.3. The Morgan fingerprint density at radius 1 is 1.10 bits per heavy atom. The lowest BCUT2D eigenvalue weighted by Gasteiger charge is -2.11. The largest absolute Gasteiger partial charge is 0.321 e. The van der Waals surface area contributed by atoms with E-state index in [1.165, 1.54) is 0 Å². The molecule has 0 fully saturated rings. The highest BCUT2D eigenvalue weighted by Crippen LogP contribution is 2.29. The van der Waals surface area contributed by atoms with Crippen molar-refractivity contribution in [3.8, 4) is 0 Å². The molecule has 2 rings (SSSR count). The van der Waals surface area contributed by atoms with Crippen LogP contribution in [-0.4, -0.2) is 5.91 Å². The molecule has 5 heteroatoms. The Labute approximate surface area is 141 Å². The fourth-order valence-electron chi connectivity index (χ4n) is 1.75. The number of carbonyl (C=O) groups is 1. The average Bonchev–Trinajstić information content (AvgIpc) is 2.39. The quantitative estimate of drug-likeness (QED) is 0.642. The van der Waals surface area contributed by atoms with Crippen LogP contribution in [0.2, 0.25) is 10.0 Å². The second-order valence-electron chi connectivity index (χ2n) is 4.47. The Morgan fingerprint density at radius 3 is 2.50 bits per heavy atom. The molecule has 0 aliphatic rings. The van der Waals surface area contributed by atoms with Gasteiger partial charge < -0.3 is 5.32 Å². The first-order valence-corrected chi connectivity index (χ1v) is 7.75. The number of amides is 1. The minimum absolute atomic E-state index is 0.195. The van der Waals surface area contributed by atoms with E-state index in [-0.39, 0.29) is 5.91 Å². The van der Waals surface area contributed by atoms with Crippen molar-refractivity contribution in [2.45, 2.75) is 13.8 Å². The van der Waals surface area contributed by atoms with Gasteiger partial charge in [-0.25, -0.2) is 0 Å². The molecular formula is C15H12Cl2INO. The molecule has 1 N–H and O–H groups in total. The summed E-state index contributed by atoms with van der Waals surface area (Å²) in [4.78, 5) is 12.3. The summed E-state index contributed by atoms with van der Waals surface area (Å²) in [7, 11) is 0. The molecule has 0 saturated carbocycles. The lowest BCUT2D eigenvalue weighted by Crippen LogP contribution is -2.14. The number of hydrogen-bond acceptors (Lipinski definition) is 1. The van der Waals surface area contributed by atoms with E-state index in [1.807, 2.05) is 26.0 Å². The minimum Gasteiger partial charge on any atom is -0.321 e. The highest BCUT2D eigenvalue weighted by molar-refractivity contribution is 14.1. The Hall–Kier alpha value is -0.780. The number of nitrogens with one attached hydrogen (secondary N) is 1. The predicted molar refractivity (Wildman–Crippen MR) is 93.0 cm³/mol. The third-order valence-corrected chi connectivity index (χ3v) is 5.08. The van der Waals surface area contributed by atoms with Gasteiger partial charge in [0, 0.05) is 8.59 Å². The first kappa shape index (κ1) is 15.6. The van der Waals surface area contributed by atoms with Gasteiger partial charge >= 0.3 is 0 Å². The number of benzene rings is 2. The van der Waals surface area contributed by atoms with E-state index in [9.17, 15) is 4.79 Å². The molecule has 0 radical (unpaired) electrons. The van der Waals surface area contributed by atoms with Crippen LogP contribution >= 0.6 is 45.8 Å². The normalized spacial score (nSPS) is 10.4. The van der Waals surface area contributed by atoms with Crippen molar-refractivity contribution in [3.63, 3.8) is 0 Å². The Bertz CT molecular complexity index is 686. The lowest BCUT2D eigenvalue weighted by atomic mass is 10.1. The molecule has 0 saturated heterocycles. The molecule has 2 nitrogen and oxygen atoms in total. The smallest absolute Gasteiger partial charge is 0.256 e. The summed E-state index contributed by atoms with van der Waals surface area (Å²) >= 11 is 14.4. The number of aryl methyl sites for hydroxylation is 2. The summed E-state index contributed by atoms with van der Waals surface area (Å²) in [5.41, 5.74) is 3.08. The lowest BCUT2D eigenvalue weighted by molar-refractivity contribution is 0.102. The van der Waals surface area contributed by atoms with Crippen LogP contribution in [0.3, 0.4) is 0 Å². The maximum Gasteiger partial charge on any atom is 0.256 e. The van der Waals surface area contributed by atoms with Gasteiger partial charge in [0.15, 0.2) is 0 Å². The van der Waals surface area contributed by atoms with Crippen LogP contribution < -0.4 is 5.32 Å². The van der Waals surface area contributed by atoms with Gasteiger partial charge in [-0.3, -0.25) is 4.79 Å². The maximum absolute atomic E-state index is 12.3. The summed E-state index contributed by atoms with van der Waals surface area (Å²) in [5, 5.41) is 3.85. The van der Waals surface area contributed by atoms with Gasteiger partial charge in [0.2, 0.25) is 0 Å². The number of carbonyl (C=O) groups excluding carboxylic acids is 1. The molecule has 0 unspecified atom stereocenters. The van der Waals surface area contributed by atoms with Crippen LogP contribution in [0.25, 0.3) is 0 Å². The summed E-state index contributed by atoms with van der Waals surface area (Å²) in [6.07, 6.45) is 0. The number of hydrogen-bond donors (Lipinski definition) is 1. The van der Waals surface area contributed by atoms with Crippen molar-refractivity contribution in [3.05, 3.63) is 60.6 Å². The zero-order valence-electron chi connectivity index (χ0n) is 10.9. The molecule has 2 aromatic rings. The van der Waals surface area contributed by atoms with Gasteiger partial charge in [-0.15, -0.1) is 0 Å². The van der Waals surface area contributed by atoms with Crippen molar-refractivity contribution in [1.29, 1.82) is 0 Å². The Kier molecular flexibility index (Phi) is 4.94. The van der Waals surface area contributed by atoms with E-state index in [0.29, 0.717) is 21.3 Å². The molecular weight excluding hydrogens is 408 g/mol. The SMILES string of the molecule is Cc1cc(Cl)c(NC(=O)c2cccc(C)c2I)cc1Cl. The predicted octanol–water partition coefficient (Wildman–Crippen LogP) is 5.47. The second-order valence-corrected chi connectivity index (χ2v) is 6.36. The number of rotatable bonds is 2. The molecule has 0 aliphatic heterocycles. The fraction of sp³-hybridized carbons (Fsp3) is 0.133. The Morgan fingerprint density at radius 2 is 1.80 bits per heavy atom. The van der Waals surface area contributed by atoms with Crippen LogP contribution in [0.4, 0.5) is 5.69 Å². The minimum atomic E-state index is -0.195. The summed E-state index contributed by atoms with van der Waals surface area (Å²) in [5.74, 6) is -0.195. The van der Waals surface area contributed by atoms with Crippen molar-refractivity contribution >= 4 is 57.4 Å². The molecule has 0 spiro atoms. The van der Waals surface area contributed by atoms with Gasteiger partial charge in [0.05, 0.1) is 16.3 Å². The number of anilines is 1. The number of halogens is 3. The summed E-state index contributed by atoms with van der Waals surface area (Å²) < 4.78 is 0.928. The van der Waals surface area contributed by atoms with E-state index < -0.39 is 0 Å². The van der Waals surface area contributed by atoms with Gasteiger partial charge in [-0.1, -0.05) is 35.3 Å². The van der Waals surface area contributed by atoms with Gasteiger partial charge in [-0.05, 0) is 65.8 Å². The first-order chi connectivity index (χ1) is 9.40. The third kappa shape index (κ3) is 3.27. The Balaban J connectivity index is 2.33. The molecule has 0 atom stereocenters. The van der Waals surface area contributed by atoms with E-state index >= 15 is 0 Å². The van der Waals surface area contributed by atoms with Crippen LogP contribution in [0.5, 0.6) is 0 Å². The standard InChI is InChI=1S/C15H12Cl2INO/c1-8-4-3-5-10(14(8)18)15(20)19-13-7-11(16)9(2)6-12(13)17/h3-7H,1-2H3,(H,19,20). The van der Waals surface area contributed by atoms with Crippen LogP contribution in [0, 0.1) is 17.4 Å². The van der Waals surface area contributed by atoms with E-state index in [1.54, 1.807) is 18.2 Å². The summed E-state index contributed by atoms with van der Waals surface area (Å²) in [6.45, 7) is 3.83. The summed E-state index contributed by atoms with van der Waals surface area (Å²) in [6, 6.07) is 9.01. The van der Waals surface area contributed by atoms with Crippen LogP contribution in [-0.2, 0) is 0 Å². The topological polar surface area (TPSA) is 29.1 Å². The van der Waals surface area contributed by atoms with Crippen molar-refractivity contribution in [2.24, 2.45) is 0 Å². The van der Waals surface area contributed by atoms with E-state index in [2.05, 4.69) is 27.9 Å². The molecule has 0 aliphatic carbocycles. The van der Waals surface area contributed by atoms with E-state index in [4.69, 9.17) is 23.2 Å². The highest BCUT2D eigenvalue weighted by Gasteiger charge is 2.13. The van der Waals surface area contributed by atoms with Gasteiger partial charge in [-0.2, -0.15) is 0 Å². The molecule has 20 heavy (non-hydrogen) atoms. The molecule has 0 bridgehead atoms. The van der Waals surface area contributed by atoms with Crippen LogP contribution in [0.15, 0.2) is 30.3 Å².